The molecular formula is H8FeO5. The van der Waals surface area contributed by atoms with Gasteiger partial charge in [-0.15, -0.1) is 0 Å². The van der Waals surface area contributed by atoms with Crippen LogP contribution in [0.15, 0.2) is 0 Å². The van der Waals surface area contributed by atoms with Crippen molar-refractivity contribution in [2.24, 2.45) is 0 Å². The predicted octanol–water partition coefficient (Wildman–Crippen LogP) is -3.42. The average Bonchev–Trinajstić information content (AvgIpc) is 0. The van der Waals surface area contributed by atoms with E-state index in [0.29, 0.717) is 0 Å². The smallest absolute Gasteiger partial charge is 2.00 e. The van der Waals surface area contributed by atoms with Gasteiger partial charge in [0.25, 0.3) is 0 Å². The minimum absolute atomic E-state index is 0. The van der Waals surface area contributed by atoms with Gasteiger partial charge in [0.1, 0.15) is 0 Å². The topological polar surface area (TPSA) is 154 Å². The van der Waals surface area contributed by atoms with E-state index in [1.54, 1.807) is 0 Å². The van der Waals surface area contributed by atoms with Crippen LogP contribution in [0.5, 0.6) is 0 Å². The van der Waals surface area contributed by atoms with Crippen molar-refractivity contribution in [3.8, 4) is 0 Å². The second kappa shape index (κ2) is 972. The van der Waals surface area contributed by atoms with Gasteiger partial charge in [0.15, 0.2) is 0 Å². The molecule has 0 atom stereocenters. The van der Waals surface area contributed by atoms with Crippen LogP contribution in [0, 0.1) is 0 Å². The van der Waals surface area contributed by atoms with Crippen LogP contribution in [0.1, 0.15) is 0 Å². The van der Waals surface area contributed by atoms with Crippen molar-refractivity contribution in [1.29, 1.82) is 0 Å². The quantitative estimate of drug-likeness (QED) is 0.310. The molecule has 0 aliphatic carbocycles. The number of hydrogen-bond donors (Lipinski definition) is 0. The molecule has 8 N–H and O–H groups in total. The summed E-state index contributed by atoms with van der Waals surface area (Å²) in [5.41, 5.74) is 0. The molecule has 0 amide bonds. The maximum atomic E-state index is 0. The van der Waals surface area contributed by atoms with Crippen LogP contribution >= 0.6 is 0 Å². The van der Waals surface area contributed by atoms with Gasteiger partial charge in [0.2, 0.25) is 0 Å². The van der Waals surface area contributed by atoms with Crippen LogP contribution in [-0.4, -0.2) is 21.9 Å². The van der Waals surface area contributed by atoms with E-state index < -0.39 is 0 Å². The van der Waals surface area contributed by atoms with Crippen molar-refractivity contribution < 1.29 is 44.4 Å². The minimum atomic E-state index is 0. The summed E-state index contributed by atoms with van der Waals surface area (Å²) < 4.78 is 0. The molecule has 0 unspecified atom stereocenters. The van der Waals surface area contributed by atoms with E-state index in [-0.39, 0.29) is 44.4 Å². The van der Waals surface area contributed by atoms with E-state index in [9.17, 15) is 0 Å². The Hall–Kier alpha value is 0.319. The van der Waals surface area contributed by atoms with Crippen molar-refractivity contribution in [3.63, 3.8) is 0 Å². The summed E-state index contributed by atoms with van der Waals surface area (Å²) in [4.78, 5) is 0. The first-order valence-electron chi connectivity index (χ1n) is 0. The first-order valence-corrected chi connectivity index (χ1v) is 0. The molecule has 0 radical (unpaired) electrons. The van der Waals surface area contributed by atoms with E-state index in [2.05, 4.69) is 0 Å². The minimum Gasteiger partial charge on any atom is -2.00 e. The molecule has 0 aliphatic heterocycles. The first-order chi connectivity index (χ1) is 0. The molecule has 0 aromatic carbocycles. The second-order valence-corrected chi connectivity index (χ2v) is 0. The largest absolute Gasteiger partial charge is 2.00 e. The Kier molecular flexibility index (Phi) is 284000. The van der Waals surface area contributed by atoms with Crippen molar-refractivity contribution in [1.82, 2.24) is 0 Å². The van der Waals surface area contributed by atoms with Gasteiger partial charge < -0.3 is 27.4 Å². The second-order valence-electron chi connectivity index (χ2n) is 0. The summed E-state index contributed by atoms with van der Waals surface area (Å²) in [7, 11) is 0. The van der Waals surface area contributed by atoms with E-state index in [1.165, 1.54) is 0 Å². The average molecular weight is 144 g/mol. The maximum Gasteiger partial charge on any atom is 2.00 e. The van der Waals surface area contributed by atoms with Crippen LogP contribution in [0.3, 0.4) is 0 Å². The van der Waals surface area contributed by atoms with Crippen LogP contribution in [-0.2, 0) is 22.5 Å². The van der Waals surface area contributed by atoms with E-state index in [0.717, 1.165) is 0 Å². The Morgan fingerprint density at radius 1 is 0.500 bits per heavy atom. The van der Waals surface area contributed by atoms with Crippen LogP contribution in [0.25, 0.3) is 0 Å². The summed E-state index contributed by atoms with van der Waals surface area (Å²) in [6, 6.07) is 0. The van der Waals surface area contributed by atoms with Gasteiger partial charge >= 0.3 is 17.1 Å². The Morgan fingerprint density at radius 3 is 0.500 bits per heavy atom. The van der Waals surface area contributed by atoms with Gasteiger partial charge in [-0.05, 0) is 0 Å². The molecule has 6 heteroatoms. The summed E-state index contributed by atoms with van der Waals surface area (Å²) in [5.74, 6) is 0. The van der Waals surface area contributed by atoms with Gasteiger partial charge in [0.05, 0.1) is 0 Å². The van der Waals surface area contributed by atoms with Gasteiger partial charge in [-0.25, -0.2) is 0 Å². The molecule has 0 saturated heterocycles. The van der Waals surface area contributed by atoms with Crippen LogP contribution < -0.4 is 0 Å². The zero-order chi connectivity index (χ0) is 0. The molecule has 0 saturated carbocycles. The molecule has 0 rings (SSSR count). The van der Waals surface area contributed by atoms with Crippen molar-refractivity contribution in [2.45, 2.75) is 0 Å². The zero-order valence-corrected chi connectivity index (χ0v) is 3.87. The zero-order valence-electron chi connectivity index (χ0n) is 2.76. The monoisotopic (exact) mass is 144 g/mol. The van der Waals surface area contributed by atoms with Gasteiger partial charge in [-0.2, -0.15) is 0 Å². The molecule has 6 heavy (non-hydrogen) atoms. The van der Waals surface area contributed by atoms with Gasteiger partial charge in [0, 0.05) is 0 Å². The molecule has 0 spiro atoms. The molecule has 5 nitrogen and oxygen atoms in total. The molecule has 0 aromatic heterocycles. The molecule has 0 aromatic rings. The summed E-state index contributed by atoms with van der Waals surface area (Å²) in [6.07, 6.45) is 0. The van der Waals surface area contributed by atoms with Crippen molar-refractivity contribution in [2.75, 3.05) is 0 Å². The normalized spacial score (nSPS) is 0. The number of rotatable bonds is 0. The van der Waals surface area contributed by atoms with Gasteiger partial charge in [-0.3, -0.25) is 0 Å². The van der Waals surface area contributed by atoms with E-state index >= 15 is 0 Å². The fourth-order valence-electron chi connectivity index (χ4n) is 0. The standard InChI is InChI=1S/Fe.4H2O.O/h;4*1H2;/q+2;;;;;-2. The Balaban J connectivity index is 0. The van der Waals surface area contributed by atoms with Crippen molar-refractivity contribution in [3.05, 3.63) is 0 Å². The van der Waals surface area contributed by atoms with E-state index in [1.807, 2.05) is 0 Å². The number of hydrogen-bond acceptors (Lipinski definition) is 0. The summed E-state index contributed by atoms with van der Waals surface area (Å²) in [6.45, 7) is 0. The van der Waals surface area contributed by atoms with Crippen LogP contribution in [0.2, 0.25) is 0 Å². The molecule has 0 bridgehead atoms. The SMILES string of the molecule is O.O.O.O.[Fe+2].[O-2]. The first kappa shape index (κ1) is 1750. The van der Waals surface area contributed by atoms with E-state index in [4.69, 9.17) is 0 Å². The van der Waals surface area contributed by atoms with Gasteiger partial charge in [-0.1, -0.05) is 0 Å². The fraction of sp³-hybridized carbons (Fsp3) is 0. The molecular weight excluding hydrogens is 136 g/mol. The molecule has 0 aliphatic rings. The third kappa shape index (κ3) is 466. The Bertz CT molecular complexity index is 3.90. The Labute approximate surface area is 45.4 Å². The maximum absolute atomic E-state index is 0. The Morgan fingerprint density at radius 2 is 0.500 bits per heavy atom. The predicted molar refractivity (Wildman–Crippen MR) is 15.1 cm³/mol. The summed E-state index contributed by atoms with van der Waals surface area (Å²) in [5, 5.41) is 0. The molecule has 0 heterocycles. The third-order valence-corrected chi connectivity index (χ3v) is 0. The summed E-state index contributed by atoms with van der Waals surface area (Å²) >= 11 is 0. The van der Waals surface area contributed by atoms with Crippen molar-refractivity contribution >= 4 is 0 Å². The fourth-order valence-corrected chi connectivity index (χ4v) is 0. The third-order valence-electron chi connectivity index (χ3n) is 0. The molecule has 0 fully saturated rings. The van der Waals surface area contributed by atoms with Crippen LogP contribution in [0.4, 0.5) is 0 Å². The molecule has 46 valence electrons.